The van der Waals surface area contributed by atoms with Gasteiger partial charge in [0.2, 0.25) is 11.7 Å². The van der Waals surface area contributed by atoms with Crippen LogP contribution in [0.15, 0.2) is 42.5 Å². The first-order chi connectivity index (χ1) is 15.8. The lowest BCUT2D eigenvalue weighted by molar-refractivity contribution is -0.385. The molecule has 10 heteroatoms. The Morgan fingerprint density at radius 2 is 1.88 bits per heavy atom. The summed E-state index contributed by atoms with van der Waals surface area (Å²) in [6.07, 6.45) is 1.12. The molecule has 1 atom stereocenters. The van der Waals surface area contributed by atoms with E-state index in [0.29, 0.717) is 18.5 Å². The highest BCUT2D eigenvalue weighted by Gasteiger charge is 2.29. The third-order valence-electron chi connectivity index (χ3n) is 4.91. The Bertz CT molecular complexity index is 967. The van der Waals surface area contributed by atoms with Gasteiger partial charge in [0.25, 0.3) is 5.91 Å². The molecular weight excluding hydrogens is 433 g/mol. The van der Waals surface area contributed by atoms with E-state index in [2.05, 4.69) is 5.32 Å². The van der Waals surface area contributed by atoms with Crippen LogP contribution in [0.4, 0.5) is 10.1 Å². The van der Waals surface area contributed by atoms with Crippen molar-refractivity contribution in [1.82, 2.24) is 10.2 Å². The third-order valence-corrected chi connectivity index (χ3v) is 4.91. The first-order valence-corrected chi connectivity index (χ1v) is 10.6. The van der Waals surface area contributed by atoms with E-state index < -0.39 is 29.3 Å². The van der Waals surface area contributed by atoms with E-state index in [1.165, 1.54) is 42.3 Å². The number of carbonyl (C=O) groups is 2. The summed E-state index contributed by atoms with van der Waals surface area (Å²) in [7, 11) is 1.29. The molecule has 0 bridgehead atoms. The maximum atomic E-state index is 13.3. The molecule has 0 saturated carbocycles. The van der Waals surface area contributed by atoms with Crippen molar-refractivity contribution in [3.05, 3.63) is 64.0 Å². The van der Waals surface area contributed by atoms with Crippen LogP contribution in [0, 0.1) is 15.9 Å². The van der Waals surface area contributed by atoms with Crippen molar-refractivity contribution in [3.8, 4) is 11.5 Å². The molecule has 0 spiro atoms. The highest BCUT2D eigenvalue weighted by molar-refractivity contribution is 5.88. The molecule has 2 amide bonds. The van der Waals surface area contributed by atoms with E-state index in [-0.39, 0.29) is 29.6 Å². The van der Waals surface area contributed by atoms with Crippen molar-refractivity contribution in [2.75, 3.05) is 20.3 Å². The van der Waals surface area contributed by atoms with Gasteiger partial charge in [-0.3, -0.25) is 19.7 Å². The minimum Gasteiger partial charge on any atom is -0.490 e. The van der Waals surface area contributed by atoms with Gasteiger partial charge in [-0.2, -0.15) is 0 Å². The molecule has 2 aromatic rings. The number of nitrogens with one attached hydrogen (secondary N) is 1. The second-order valence-corrected chi connectivity index (χ2v) is 7.24. The van der Waals surface area contributed by atoms with Crippen molar-refractivity contribution in [2.45, 2.75) is 39.3 Å². The number of halogens is 1. The van der Waals surface area contributed by atoms with E-state index in [9.17, 15) is 24.1 Å². The summed E-state index contributed by atoms with van der Waals surface area (Å²) in [5.74, 6) is -0.948. The predicted octanol–water partition coefficient (Wildman–Crippen LogP) is 3.45. The predicted molar refractivity (Wildman–Crippen MR) is 119 cm³/mol. The summed E-state index contributed by atoms with van der Waals surface area (Å²) in [5.41, 5.74) is 0.427. The third kappa shape index (κ3) is 7.16. The zero-order valence-electron chi connectivity index (χ0n) is 18.9. The minimum absolute atomic E-state index is 0.00139. The maximum Gasteiger partial charge on any atom is 0.311 e. The molecule has 0 aliphatic heterocycles. The van der Waals surface area contributed by atoms with Gasteiger partial charge in [-0.15, -0.1) is 0 Å². The average molecular weight is 461 g/mol. The highest BCUT2D eigenvalue weighted by Crippen LogP contribution is 2.30. The van der Waals surface area contributed by atoms with E-state index >= 15 is 0 Å². The SMILES string of the molecule is CCCNC(=O)[C@H](CC)N(Cc1ccc(F)cc1)C(=O)COc1ccc([N+](=O)[O-])c(OC)c1. The molecule has 2 aromatic carbocycles. The first-order valence-electron chi connectivity index (χ1n) is 10.6. The molecule has 0 heterocycles. The van der Waals surface area contributed by atoms with Crippen LogP contribution >= 0.6 is 0 Å². The number of amides is 2. The Labute approximate surface area is 191 Å². The molecule has 0 saturated heterocycles. The Kier molecular flexibility index (Phi) is 9.59. The normalized spacial score (nSPS) is 11.4. The van der Waals surface area contributed by atoms with Crippen LogP contribution in [-0.2, 0) is 16.1 Å². The van der Waals surface area contributed by atoms with Crippen LogP contribution in [0.3, 0.4) is 0 Å². The Morgan fingerprint density at radius 1 is 1.18 bits per heavy atom. The molecule has 1 N–H and O–H groups in total. The summed E-state index contributed by atoms with van der Waals surface area (Å²) in [6.45, 7) is 3.88. The standard InChI is InChI=1S/C23H28FN3O6/c1-4-12-25-23(29)19(5-2)26(14-16-6-8-17(24)9-7-16)22(28)15-33-18-10-11-20(27(30)31)21(13-18)32-3/h6-11,13,19H,4-5,12,14-15H2,1-3H3,(H,25,29)/t19-/m0/s1. The molecule has 9 nitrogen and oxygen atoms in total. The zero-order valence-corrected chi connectivity index (χ0v) is 18.9. The first kappa shape index (κ1) is 25.6. The summed E-state index contributed by atoms with van der Waals surface area (Å²) < 4.78 is 23.9. The van der Waals surface area contributed by atoms with Gasteiger partial charge in [0.15, 0.2) is 6.61 Å². The molecule has 2 rings (SSSR count). The lowest BCUT2D eigenvalue weighted by Crippen LogP contribution is -2.50. The molecule has 0 aromatic heterocycles. The van der Waals surface area contributed by atoms with Gasteiger partial charge in [0, 0.05) is 25.2 Å². The van der Waals surface area contributed by atoms with E-state index in [1.807, 2.05) is 6.92 Å². The fourth-order valence-corrected chi connectivity index (χ4v) is 3.20. The van der Waals surface area contributed by atoms with Crippen molar-refractivity contribution < 1.29 is 28.4 Å². The van der Waals surface area contributed by atoms with Gasteiger partial charge >= 0.3 is 5.69 Å². The number of nitro benzene ring substituents is 1. The lowest BCUT2D eigenvalue weighted by Gasteiger charge is -2.30. The fourth-order valence-electron chi connectivity index (χ4n) is 3.20. The number of nitrogens with zero attached hydrogens (tertiary/aromatic N) is 2. The molecule has 0 aliphatic carbocycles. The highest BCUT2D eigenvalue weighted by atomic mass is 19.1. The van der Waals surface area contributed by atoms with Crippen LogP contribution in [0.1, 0.15) is 32.3 Å². The van der Waals surface area contributed by atoms with Gasteiger partial charge in [-0.1, -0.05) is 26.0 Å². The smallest absolute Gasteiger partial charge is 0.311 e. The molecule has 33 heavy (non-hydrogen) atoms. The molecule has 0 radical (unpaired) electrons. The van der Waals surface area contributed by atoms with Gasteiger partial charge < -0.3 is 19.7 Å². The summed E-state index contributed by atoms with van der Waals surface area (Å²) >= 11 is 0. The molecular formula is C23H28FN3O6. The molecule has 0 fully saturated rings. The Morgan fingerprint density at radius 3 is 2.45 bits per heavy atom. The topological polar surface area (TPSA) is 111 Å². The number of rotatable bonds is 12. The number of methoxy groups -OCH3 is 1. The van der Waals surface area contributed by atoms with Crippen LogP contribution in [0.2, 0.25) is 0 Å². The van der Waals surface area contributed by atoms with Crippen LogP contribution < -0.4 is 14.8 Å². The quantitative estimate of drug-likeness (QED) is 0.383. The minimum atomic E-state index is -0.746. The van der Waals surface area contributed by atoms with Gasteiger partial charge in [-0.05, 0) is 36.6 Å². The summed E-state index contributed by atoms with van der Waals surface area (Å²) in [5, 5.41) is 13.9. The zero-order chi connectivity index (χ0) is 24.4. The second kappa shape index (κ2) is 12.4. The van der Waals surface area contributed by atoms with Crippen LogP contribution in [-0.4, -0.2) is 47.9 Å². The summed E-state index contributed by atoms with van der Waals surface area (Å²) in [4.78, 5) is 37.7. The van der Waals surface area contributed by atoms with Crippen LogP contribution in [0.5, 0.6) is 11.5 Å². The van der Waals surface area contributed by atoms with E-state index in [0.717, 1.165) is 6.42 Å². The second-order valence-electron chi connectivity index (χ2n) is 7.24. The lowest BCUT2D eigenvalue weighted by atomic mass is 10.1. The largest absolute Gasteiger partial charge is 0.490 e. The van der Waals surface area contributed by atoms with Gasteiger partial charge in [0.05, 0.1) is 12.0 Å². The number of ether oxygens (including phenoxy) is 2. The Hall–Kier alpha value is -3.69. The van der Waals surface area contributed by atoms with E-state index in [4.69, 9.17) is 9.47 Å². The van der Waals surface area contributed by atoms with Gasteiger partial charge in [-0.25, -0.2) is 4.39 Å². The van der Waals surface area contributed by atoms with Gasteiger partial charge in [0.1, 0.15) is 17.6 Å². The average Bonchev–Trinajstić information content (AvgIpc) is 2.81. The Balaban J connectivity index is 2.22. The van der Waals surface area contributed by atoms with Crippen molar-refractivity contribution in [1.29, 1.82) is 0 Å². The molecule has 0 unspecified atom stereocenters. The number of benzene rings is 2. The number of hydrogen-bond donors (Lipinski definition) is 1. The summed E-state index contributed by atoms with van der Waals surface area (Å²) in [6, 6.07) is 8.84. The van der Waals surface area contributed by atoms with Crippen LogP contribution in [0.25, 0.3) is 0 Å². The number of nitro groups is 1. The molecule has 178 valence electrons. The fraction of sp³-hybridized carbons (Fsp3) is 0.391. The molecule has 0 aliphatic rings. The van der Waals surface area contributed by atoms with Crippen molar-refractivity contribution in [3.63, 3.8) is 0 Å². The van der Waals surface area contributed by atoms with E-state index in [1.54, 1.807) is 19.1 Å². The number of carbonyl (C=O) groups excluding carboxylic acids is 2. The van der Waals surface area contributed by atoms with Crippen molar-refractivity contribution >= 4 is 17.5 Å². The maximum absolute atomic E-state index is 13.3. The number of hydrogen-bond acceptors (Lipinski definition) is 6. The monoisotopic (exact) mass is 461 g/mol. The van der Waals surface area contributed by atoms with Crippen molar-refractivity contribution in [2.24, 2.45) is 0 Å².